The average molecular weight is 509 g/mol. The lowest BCUT2D eigenvalue weighted by molar-refractivity contribution is 0.299. The highest BCUT2D eigenvalue weighted by Crippen LogP contribution is 2.49. The normalized spacial score (nSPS) is 19.9. The number of rotatable bonds is 6. The van der Waals surface area contributed by atoms with Gasteiger partial charge in [-0.25, -0.2) is 4.39 Å². The predicted octanol–water partition coefficient (Wildman–Crippen LogP) is 8.64. The van der Waals surface area contributed by atoms with Gasteiger partial charge in [0.1, 0.15) is 18.2 Å². The van der Waals surface area contributed by atoms with E-state index in [0.717, 1.165) is 17.7 Å². The van der Waals surface area contributed by atoms with Crippen molar-refractivity contribution in [1.29, 1.82) is 0 Å². The van der Waals surface area contributed by atoms with E-state index in [9.17, 15) is 4.39 Å². The van der Waals surface area contributed by atoms with Gasteiger partial charge in [-0.05, 0) is 65.9 Å². The summed E-state index contributed by atoms with van der Waals surface area (Å²) in [7, 11) is 0. The molecule has 1 heterocycles. The van der Waals surface area contributed by atoms with Crippen molar-refractivity contribution in [3.8, 4) is 5.75 Å². The Balaban J connectivity index is 1.19. The first kappa shape index (κ1) is 23.5. The first-order chi connectivity index (χ1) is 18.2. The number of nitrogens with one attached hydrogen (secondary N) is 1. The molecule has 0 amide bonds. The zero-order chi connectivity index (χ0) is 25.2. The Morgan fingerprint density at radius 3 is 2.65 bits per heavy atom. The summed E-state index contributed by atoms with van der Waals surface area (Å²) in [6, 6.07) is 29.2. The summed E-state index contributed by atoms with van der Waals surface area (Å²) in [5, 5.41) is 4.35. The van der Waals surface area contributed by atoms with Crippen LogP contribution in [0.2, 0.25) is 5.02 Å². The fourth-order valence-electron chi connectivity index (χ4n) is 5.31. The first-order valence-electron chi connectivity index (χ1n) is 12.5. The summed E-state index contributed by atoms with van der Waals surface area (Å²) in [5.74, 6) is 1.26. The third-order valence-electron chi connectivity index (χ3n) is 7.19. The minimum Gasteiger partial charge on any atom is -0.488 e. The minimum absolute atomic E-state index is 0.123. The Bertz CT molecular complexity index is 1480. The molecule has 3 nitrogen and oxygen atoms in total. The van der Waals surface area contributed by atoms with Crippen LogP contribution < -0.4 is 10.1 Å². The molecule has 1 N–H and O–H groups in total. The van der Waals surface area contributed by atoms with Gasteiger partial charge in [0.25, 0.3) is 0 Å². The molecule has 0 fully saturated rings. The maximum atomic E-state index is 14.0. The van der Waals surface area contributed by atoms with Crippen LogP contribution in [0.25, 0.3) is 0 Å². The number of fused-ring (bicyclic) bond motifs is 3. The highest BCUT2D eigenvalue weighted by Gasteiger charge is 2.37. The second-order valence-corrected chi connectivity index (χ2v) is 9.91. The molecule has 4 aromatic carbocycles. The van der Waals surface area contributed by atoms with E-state index in [1.165, 1.54) is 22.9 Å². The number of ether oxygens (including phenoxy) is 1. The molecule has 0 spiro atoms. The third-order valence-corrected chi connectivity index (χ3v) is 7.42. The van der Waals surface area contributed by atoms with Crippen molar-refractivity contribution in [2.24, 2.45) is 10.9 Å². The van der Waals surface area contributed by atoms with E-state index in [4.69, 9.17) is 16.3 Å². The molecule has 2 aliphatic rings. The number of para-hydroxylation sites is 1. The van der Waals surface area contributed by atoms with Gasteiger partial charge in [-0.2, -0.15) is 0 Å². The Labute approximate surface area is 221 Å². The van der Waals surface area contributed by atoms with Crippen molar-refractivity contribution in [1.82, 2.24) is 0 Å². The van der Waals surface area contributed by atoms with Crippen LogP contribution in [0.4, 0.5) is 15.8 Å². The van der Waals surface area contributed by atoms with Crippen LogP contribution >= 0.6 is 11.6 Å². The standard InChI is InChI=1S/C32H26ClFN2O/c33-24-14-17-31(37-20-22-6-1-3-10-29(22)34)23(18-24)19-35-25-15-12-21(13-16-25)32-28-9-5-8-26(28)27-7-2-4-11-30(27)36-32/h1-8,10-19,26,28,32,36H,9,20H2/t26-,28-,32+/m1/s1. The van der Waals surface area contributed by atoms with Crippen LogP contribution in [0.15, 0.2) is 108 Å². The molecule has 0 saturated heterocycles. The maximum Gasteiger partial charge on any atom is 0.129 e. The monoisotopic (exact) mass is 508 g/mol. The van der Waals surface area contributed by atoms with E-state index in [1.54, 1.807) is 42.6 Å². The van der Waals surface area contributed by atoms with E-state index in [-0.39, 0.29) is 18.5 Å². The van der Waals surface area contributed by atoms with E-state index in [1.807, 2.05) is 12.1 Å². The van der Waals surface area contributed by atoms with E-state index < -0.39 is 0 Å². The zero-order valence-corrected chi connectivity index (χ0v) is 20.9. The number of anilines is 1. The van der Waals surface area contributed by atoms with Gasteiger partial charge in [0.2, 0.25) is 0 Å². The Morgan fingerprint density at radius 1 is 0.973 bits per heavy atom. The third kappa shape index (κ3) is 4.90. The predicted molar refractivity (Wildman–Crippen MR) is 149 cm³/mol. The van der Waals surface area contributed by atoms with Gasteiger partial charge >= 0.3 is 0 Å². The van der Waals surface area contributed by atoms with Crippen LogP contribution in [-0.4, -0.2) is 6.21 Å². The molecule has 0 aromatic heterocycles. The van der Waals surface area contributed by atoms with Crippen LogP contribution in [0, 0.1) is 11.7 Å². The smallest absolute Gasteiger partial charge is 0.129 e. The van der Waals surface area contributed by atoms with Crippen LogP contribution in [0.1, 0.15) is 40.6 Å². The molecule has 37 heavy (non-hydrogen) atoms. The Hall–Kier alpha value is -3.89. The topological polar surface area (TPSA) is 33.6 Å². The largest absolute Gasteiger partial charge is 0.488 e. The van der Waals surface area contributed by atoms with Gasteiger partial charge in [-0.3, -0.25) is 4.99 Å². The summed E-state index contributed by atoms with van der Waals surface area (Å²) < 4.78 is 19.9. The van der Waals surface area contributed by atoms with Crippen LogP contribution in [0.3, 0.4) is 0 Å². The minimum atomic E-state index is -0.289. The fourth-order valence-corrected chi connectivity index (χ4v) is 5.49. The lowest BCUT2D eigenvalue weighted by Gasteiger charge is -2.37. The summed E-state index contributed by atoms with van der Waals surface area (Å²) in [5.41, 5.74) is 5.91. The number of halogens is 2. The number of allylic oxidation sites excluding steroid dienone is 2. The van der Waals surface area contributed by atoms with E-state index in [2.05, 4.69) is 58.9 Å². The molecule has 1 aliphatic carbocycles. The van der Waals surface area contributed by atoms with Gasteiger partial charge in [0, 0.05) is 34.0 Å². The number of nitrogens with zero attached hydrogens (tertiary/aromatic N) is 1. The molecule has 4 aromatic rings. The molecule has 3 atom stereocenters. The SMILES string of the molecule is Fc1ccccc1COc1ccc(Cl)cc1C=Nc1ccc([C@@H]2Nc3ccccc3[C@H]3C=CC[C@H]32)cc1. The number of hydrogen-bond acceptors (Lipinski definition) is 3. The van der Waals surface area contributed by atoms with Crippen molar-refractivity contribution in [2.75, 3.05) is 5.32 Å². The average Bonchev–Trinajstić information content (AvgIpc) is 3.43. The van der Waals surface area contributed by atoms with Crippen LogP contribution in [-0.2, 0) is 6.61 Å². The molecule has 5 heteroatoms. The van der Waals surface area contributed by atoms with Crippen molar-refractivity contribution < 1.29 is 9.13 Å². The van der Waals surface area contributed by atoms with Crippen molar-refractivity contribution in [3.05, 3.63) is 136 Å². The quantitative estimate of drug-likeness (QED) is 0.209. The summed E-state index contributed by atoms with van der Waals surface area (Å²) >= 11 is 6.24. The number of hydrogen-bond donors (Lipinski definition) is 1. The molecule has 0 bridgehead atoms. The molecule has 6 rings (SSSR count). The summed E-state index contributed by atoms with van der Waals surface area (Å²) in [6.45, 7) is 0.123. The summed E-state index contributed by atoms with van der Waals surface area (Å²) in [6.07, 6.45) is 7.47. The van der Waals surface area contributed by atoms with Crippen molar-refractivity contribution >= 4 is 29.2 Å². The number of benzene rings is 4. The molecule has 184 valence electrons. The van der Waals surface area contributed by atoms with Gasteiger partial charge in [-0.15, -0.1) is 0 Å². The lowest BCUT2D eigenvalue weighted by atomic mass is 9.77. The summed E-state index contributed by atoms with van der Waals surface area (Å²) in [4.78, 5) is 4.67. The molecule has 1 aliphatic heterocycles. The fraction of sp³-hybridized carbons (Fsp3) is 0.156. The van der Waals surface area contributed by atoms with Gasteiger partial charge in [0.15, 0.2) is 0 Å². The Morgan fingerprint density at radius 2 is 1.78 bits per heavy atom. The van der Waals surface area contributed by atoms with Crippen LogP contribution in [0.5, 0.6) is 5.75 Å². The molecular weight excluding hydrogens is 483 g/mol. The zero-order valence-electron chi connectivity index (χ0n) is 20.1. The van der Waals surface area contributed by atoms with Gasteiger partial charge < -0.3 is 10.1 Å². The molecule has 0 saturated carbocycles. The number of aliphatic imine (C=N–C) groups is 1. The molecular formula is C32H26ClFN2O. The van der Waals surface area contributed by atoms with Crippen molar-refractivity contribution in [2.45, 2.75) is 25.0 Å². The highest BCUT2D eigenvalue weighted by atomic mass is 35.5. The maximum absolute atomic E-state index is 14.0. The molecule has 0 unspecified atom stereocenters. The Kier molecular flexibility index (Phi) is 6.50. The van der Waals surface area contributed by atoms with E-state index in [0.29, 0.717) is 28.2 Å². The molecule has 0 radical (unpaired) electrons. The van der Waals surface area contributed by atoms with Gasteiger partial charge in [-0.1, -0.05) is 72.3 Å². The van der Waals surface area contributed by atoms with Gasteiger partial charge in [0.05, 0.1) is 11.7 Å². The second-order valence-electron chi connectivity index (χ2n) is 9.47. The van der Waals surface area contributed by atoms with Crippen molar-refractivity contribution in [3.63, 3.8) is 0 Å². The first-order valence-corrected chi connectivity index (χ1v) is 12.9. The second kappa shape index (κ2) is 10.2. The van der Waals surface area contributed by atoms with E-state index >= 15 is 0 Å². The highest BCUT2D eigenvalue weighted by molar-refractivity contribution is 6.30. The lowest BCUT2D eigenvalue weighted by Crippen LogP contribution is -2.28.